The minimum absolute atomic E-state index is 0. The van der Waals surface area contributed by atoms with Crippen LogP contribution in [0.4, 0.5) is 23.1 Å². The van der Waals surface area contributed by atoms with Gasteiger partial charge in [-0.3, -0.25) is 43.3 Å². The molecule has 15 N–H and O–H groups in total. The maximum absolute atomic E-state index is 12.5. The van der Waals surface area contributed by atoms with Crippen molar-refractivity contribution in [1.82, 2.24) is 25.5 Å². The van der Waals surface area contributed by atoms with Crippen LogP contribution in [0.25, 0.3) is 11.5 Å². The van der Waals surface area contributed by atoms with Gasteiger partial charge in [-0.05, 0) is 99.9 Å². The molecule has 29 heteroatoms. The van der Waals surface area contributed by atoms with Crippen LogP contribution in [0.2, 0.25) is 0 Å². The van der Waals surface area contributed by atoms with Crippen LogP contribution in [0.5, 0.6) is 0 Å². The zero-order valence-electron chi connectivity index (χ0n) is 50.2. The average Bonchev–Trinajstić information content (AvgIpc) is 0.890. The fourth-order valence-electron chi connectivity index (χ4n) is 10.2. The first-order valence-corrected chi connectivity index (χ1v) is 28.4. The van der Waals surface area contributed by atoms with E-state index in [1.54, 1.807) is 48.5 Å². The van der Waals surface area contributed by atoms with Crippen molar-refractivity contribution in [2.75, 3.05) is 34.4 Å². The van der Waals surface area contributed by atoms with E-state index < -0.39 is 47.3 Å². The zero-order valence-corrected chi connectivity index (χ0v) is 54.8. The number of carboxylic acids is 2. The van der Waals surface area contributed by atoms with E-state index >= 15 is 0 Å². The van der Waals surface area contributed by atoms with Crippen LogP contribution in [0, 0.1) is 38.6 Å². The van der Waals surface area contributed by atoms with Crippen molar-refractivity contribution in [1.29, 1.82) is 5.53 Å². The molecule has 3 aromatic rings. The third-order valence-corrected chi connectivity index (χ3v) is 15.3. The number of nitrogens with zero attached hydrogens (tertiary/aromatic N) is 5. The Labute approximate surface area is 547 Å². The monoisotopic (exact) mass is 1600 g/mol. The third kappa shape index (κ3) is 24.6. The van der Waals surface area contributed by atoms with Gasteiger partial charge in [0.1, 0.15) is 17.5 Å². The van der Waals surface area contributed by atoms with Crippen LogP contribution >= 0.6 is 0 Å². The Bertz CT molecular complexity index is 2960. The molecule has 7 unspecified atom stereocenters. The van der Waals surface area contributed by atoms with Crippen LogP contribution in [0.15, 0.2) is 74.7 Å². The Morgan fingerprint density at radius 2 is 1.36 bits per heavy atom. The van der Waals surface area contributed by atoms with Crippen LogP contribution in [-0.2, 0) is 87.6 Å². The second-order valence-corrected chi connectivity index (χ2v) is 21.6. The number of amidine groups is 1. The summed E-state index contributed by atoms with van der Waals surface area (Å²) in [6.45, 7) is 11.3. The number of aromatic nitrogens is 2. The molecule has 5 aliphatic rings. The predicted octanol–water partition coefficient (Wildman–Crippen LogP) is 6.57. The minimum atomic E-state index is -1.31. The van der Waals surface area contributed by atoms with Crippen LogP contribution in [0.3, 0.4) is 0 Å². The van der Waals surface area contributed by atoms with E-state index in [-0.39, 0.29) is 157 Å². The number of aliphatic imine (C=N–C) groups is 1. The molecule has 27 nitrogen and oxygen atoms in total. The number of aromatic amines is 1. The first kappa shape index (κ1) is 79.8. The van der Waals surface area contributed by atoms with Crippen molar-refractivity contribution in [3.8, 4) is 0 Å². The van der Waals surface area contributed by atoms with Crippen molar-refractivity contribution >= 4 is 83.0 Å². The standard InChI is InChI=1S/C23H25N5O7.C22H27N7O5.2C7H13N.CH3.H2O.2Pt/c24-27-18-11-15-6-8-16(28(12-29)20(15)22(33)26-18)7-3-13-1-4-14(5-2-13)21(32)25-17(23(34)35)9-10-19(30)31;1-12(31)3-8-17(13(2)32)26-20(33)14-4-6-15(7-5-14)24-9-16-10-25-19-18(29(16)11-30)21(34)28-22(23)27-19;2*1-6-4-2-3-5-7(6)8;;;;/h1-2,4-5,12,16-17,24H,3,6-11H2,(H,25,32)(H,30,31)(H,34,35);4-7,11,16-17,24H,3,8-10H2,1-2H3,(H,26,33)(H4,23,25,27,28,34);2*6-8H,1-5H2;1H3;1H2;;/q;;2*-2;-1;;;+2/p+1/t;16?,17-;;;;;;/m.0....../s1. The fraction of sp³-hybridized carbons (Fsp3) is 0.483. The number of hydrogen-bond acceptors (Lipinski definition) is 16. The minimum Gasteiger partial charge on any atom is -0.677 e. The predicted molar refractivity (Wildman–Crippen MR) is 330 cm³/mol. The van der Waals surface area contributed by atoms with Crippen molar-refractivity contribution in [2.24, 2.45) is 21.9 Å². The van der Waals surface area contributed by atoms with Crippen molar-refractivity contribution in [3.05, 3.63) is 120 Å². The summed E-state index contributed by atoms with van der Waals surface area (Å²) in [4.78, 5) is 131. The van der Waals surface area contributed by atoms with E-state index in [0.717, 1.165) is 24.0 Å². The van der Waals surface area contributed by atoms with Gasteiger partial charge in [0.15, 0.2) is 23.1 Å². The topological polar surface area (TPSA) is 450 Å². The molecule has 0 bridgehead atoms. The number of aliphatic carboxylic acids is 2. The smallest absolute Gasteiger partial charge is 0.677 e. The maximum Gasteiger partial charge on any atom is 2.00 e. The van der Waals surface area contributed by atoms with Crippen molar-refractivity contribution in [2.45, 2.75) is 159 Å². The summed E-state index contributed by atoms with van der Waals surface area (Å²) >= 11 is 0. The van der Waals surface area contributed by atoms with Gasteiger partial charge in [-0.2, -0.15) is 33.9 Å². The van der Waals surface area contributed by atoms with Gasteiger partial charge in [-0.15, -0.1) is 5.11 Å². The average molecular weight is 1600 g/mol. The number of nitrogens with two attached hydrogens (primary N) is 1. The molecule has 5 amide bonds. The molecule has 0 spiro atoms. The SMILES string of the molecule is CC(=O)CC[C@H](NC(=O)c1ccc(NCC2CNc3nc(N)[nH]c(=O)c3N2C=O)cc1)C(C)=O.N=NC1=NC(=O)C2=C(CCC(CCc3ccc(C(=O)NC(CCC(=O)O)C(=O)O)cc3)N2C=O)C1.[CH2-]C1CCCCC1[NH-].[CH2-]C1CCCCC1[NH-].[CH3-].[OH3+].[Pt+2].[Pt]. The zero-order chi connectivity index (χ0) is 62.3. The number of hydrogen-bond donors (Lipinski definition) is 9. The molecule has 4 heterocycles. The molecule has 494 valence electrons. The molecular formula is C60H84N14O13Pt2-2. The number of carboxylic acid groups (broad SMARTS) is 2. The van der Waals surface area contributed by atoms with E-state index in [1.165, 1.54) is 62.2 Å². The summed E-state index contributed by atoms with van der Waals surface area (Å²) in [7, 11) is 0. The van der Waals surface area contributed by atoms with Crippen LogP contribution in [-0.4, -0.2) is 134 Å². The summed E-state index contributed by atoms with van der Waals surface area (Å²) in [6, 6.07) is 10.8. The Morgan fingerprint density at radius 1 is 0.820 bits per heavy atom. The number of aryl methyl sites for hydroxylation is 1. The quantitative estimate of drug-likeness (QED) is 0.0250. The van der Waals surface area contributed by atoms with E-state index in [2.05, 4.69) is 55.2 Å². The number of carbonyl (C=O) groups excluding carboxylic acids is 7. The van der Waals surface area contributed by atoms with Gasteiger partial charge in [-0.1, -0.05) is 63.5 Å². The number of benzene rings is 2. The molecule has 0 saturated heterocycles. The number of carbonyl (C=O) groups is 9. The number of fused-ring (bicyclic) bond motifs is 1. The van der Waals surface area contributed by atoms with Crippen molar-refractivity contribution in [3.63, 3.8) is 0 Å². The van der Waals surface area contributed by atoms with Gasteiger partial charge in [0.2, 0.25) is 18.8 Å². The molecule has 1 aromatic heterocycles. The van der Waals surface area contributed by atoms with Crippen LogP contribution in [0.1, 0.15) is 143 Å². The molecule has 8 rings (SSSR count). The molecule has 8 atom stereocenters. The fourth-order valence-corrected chi connectivity index (χ4v) is 10.2. The summed E-state index contributed by atoms with van der Waals surface area (Å²) in [5.74, 6) is -3.15. The number of anilines is 4. The normalized spacial score (nSPS) is 20.2. The molecule has 2 fully saturated rings. The molecule has 2 aromatic carbocycles. The molecular weight excluding hydrogens is 1510 g/mol. The van der Waals surface area contributed by atoms with Crippen LogP contribution < -0.4 is 37.5 Å². The van der Waals surface area contributed by atoms with Gasteiger partial charge in [-0.25, -0.2) is 10.3 Å². The number of nitrogens with one attached hydrogen (secondary N) is 8. The molecule has 2 aliphatic carbocycles. The Hall–Kier alpha value is -7.18. The summed E-state index contributed by atoms with van der Waals surface area (Å²) in [6.07, 6.45) is 13.3. The molecule has 2 saturated carbocycles. The molecule has 89 heavy (non-hydrogen) atoms. The number of ketones is 2. The molecule has 3 aliphatic heterocycles. The largest absolute Gasteiger partial charge is 2.00 e. The maximum atomic E-state index is 12.5. The van der Waals surface area contributed by atoms with E-state index in [0.29, 0.717) is 74.7 Å². The van der Waals surface area contributed by atoms with E-state index in [4.69, 9.17) is 27.8 Å². The van der Waals surface area contributed by atoms with Gasteiger partial charge in [0.05, 0.1) is 12.1 Å². The summed E-state index contributed by atoms with van der Waals surface area (Å²) < 4.78 is 0. The summed E-state index contributed by atoms with van der Waals surface area (Å²) in [5, 5.41) is 32.4. The molecule has 0 radical (unpaired) electrons. The van der Waals surface area contributed by atoms with E-state index in [1.807, 2.05) is 0 Å². The number of rotatable bonds is 20. The first-order valence-electron chi connectivity index (χ1n) is 28.4. The van der Waals surface area contributed by atoms with Gasteiger partial charge >= 0.3 is 33.0 Å². The number of H-pyrrole nitrogens is 1. The van der Waals surface area contributed by atoms with Gasteiger partial charge < -0.3 is 90.0 Å². The Kier molecular flexibility index (Phi) is 35.6. The number of Topliss-reactive ketones (excluding diaryl/α,β-unsaturated/α-hetero) is 2. The number of dihydropyridines is 1. The van der Waals surface area contributed by atoms with Gasteiger partial charge in [0.25, 0.3) is 23.3 Å². The Balaban J connectivity index is 0.000000684. The first-order chi connectivity index (χ1) is 40.5. The second-order valence-electron chi connectivity index (χ2n) is 21.6. The summed E-state index contributed by atoms with van der Waals surface area (Å²) in [5.41, 5.74) is 30.2. The number of nitrogen functional groups attached to an aromatic ring is 1. The van der Waals surface area contributed by atoms with Crippen molar-refractivity contribution < 1.29 is 101 Å². The van der Waals surface area contributed by atoms with E-state index in [9.17, 15) is 53.1 Å². The Morgan fingerprint density at radius 3 is 1.84 bits per heavy atom. The number of amides is 5. The van der Waals surface area contributed by atoms with Gasteiger partial charge in [0, 0.05) is 76.3 Å². The third-order valence-electron chi connectivity index (χ3n) is 15.3. The second kappa shape index (κ2) is 39.7.